The van der Waals surface area contributed by atoms with Crippen molar-refractivity contribution >= 4 is 16.5 Å². The zero-order valence-electron chi connectivity index (χ0n) is 10.2. The zero-order chi connectivity index (χ0) is 12.1. The van der Waals surface area contributed by atoms with Gasteiger partial charge in [-0.2, -0.15) is 0 Å². The first-order valence-corrected chi connectivity index (χ1v) is 6.18. The number of unbranched alkanes of at least 4 members (excludes halogenated alkanes) is 2. The average Bonchev–Trinajstić information content (AvgIpc) is 2.78. The quantitative estimate of drug-likeness (QED) is 0.530. The third-order valence-corrected chi connectivity index (χ3v) is 3.05. The number of rotatable bonds is 6. The topological polar surface area (TPSA) is 15.8 Å². The minimum atomic E-state index is 1.06. The average molecular weight is 225 g/mol. The summed E-state index contributed by atoms with van der Waals surface area (Å²) in [6.07, 6.45) is 6.51. The lowest BCUT2D eigenvalue weighted by Gasteiger charge is -2.02. The Morgan fingerprint density at radius 2 is 2.06 bits per heavy atom. The second kappa shape index (κ2) is 5.53. The smallest absolute Gasteiger partial charge is 0.0458 e. The van der Waals surface area contributed by atoms with Crippen LogP contribution >= 0.6 is 0 Å². The van der Waals surface area contributed by atoms with Gasteiger partial charge in [-0.05, 0) is 48.8 Å². The van der Waals surface area contributed by atoms with Crippen LogP contribution in [-0.4, -0.2) is 4.98 Å². The maximum absolute atomic E-state index is 4.16. The number of hydrogen-bond donors (Lipinski definition) is 1. The second-order valence-electron chi connectivity index (χ2n) is 4.41. The summed E-state index contributed by atoms with van der Waals surface area (Å²) in [6, 6.07) is 10.5. The largest absolute Gasteiger partial charge is 0.355 e. The molecule has 0 amide bonds. The van der Waals surface area contributed by atoms with Gasteiger partial charge in [0.25, 0.3) is 0 Å². The summed E-state index contributed by atoms with van der Waals surface area (Å²) in [4.78, 5) is 3.42. The van der Waals surface area contributed by atoms with E-state index in [2.05, 4.69) is 48.5 Å². The lowest BCUT2D eigenvalue weighted by Crippen LogP contribution is -1.83. The molecule has 0 fully saturated rings. The van der Waals surface area contributed by atoms with Crippen LogP contribution in [0, 0.1) is 0 Å². The van der Waals surface area contributed by atoms with Gasteiger partial charge in [0.05, 0.1) is 0 Å². The van der Waals surface area contributed by atoms with Crippen LogP contribution in [-0.2, 0) is 0 Å². The van der Waals surface area contributed by atoms with Crippen LogP contribution in [0.1, 0.15) is 31.4 Å². The molecule has 0 aliphatic rings. The van der Waals surface area contributed by atoms with E-state index in [4.69, 9.17) is 0 Å². The molecule has 0 saturated heterocycles. The van der Waals surface area contributed by atoms with Crippen LogP contribution in [0.5, 0.6) is 0 Å². The molecule has 0 aliphatic carbocycles. The fourth-order valence-electron chi connectivity index (χ4n) is 2.03. The lowest BCUT2D eigenvalue weighted by molar-refractivity contribution is 0.770. The Labute approximate surface area is 103 Å². The number of hydrogen-bond acceptors (Lipinski definition) is 0. The van der Waals surface area contributed by atoms with Gasteiger partial charge in [0.1, 0.15) is 0 Å². The zero-order valence-corrected chi connectivity index (χ0v) is 10.2. The summed E-state index contributed by atoms with van der Waals surface area (Å²) in [6.45, 7) is 7.90. The van der Waals surface area contributed by atoms with Crippen molar-refractivity contribution in [1.82, 2.24) is 4.98 Å². The fraction of sp³-hybridized carbons (Fsp3) is 0.250. The molecule has 0 aliphatic heterocycles. The molecule has 0 atom stereocenters. The van der Waals surface area contributed by atoms with E-state index in [1.165, 1.54) is 35.0 Å². The maximum Gasteiger partial charge on any atom is 0.0458 e. The first-order chi connectivity index (χ1) is 8.31. The highest BCUT2D eigenvalue weighted by atomic mass is 14.7. The molecule has 1 heteroatoms. The molecule has 0 spiro atoms. The van der Waals surface area contributed by atoms with Gasteiger partial charge in [-0.15, -0.1) is 6.58 Å². The molecule has 1 aromatic heterocycles. The van der Waals surface area contributed by atoms with E-state index in [-0.39, 0.29) is 0 Å². The molecule has 1 nitrogen and oxygen atoms in total. The van der Waals surface area contributed by atoms with E-state index in [0.717, 1.165) is 12.8 Å². The summed E-state index contributed by atoms with van der Waals surface area (Å²) in [7, 11) is 0. The Balaban J connectivity index is 2.01. The van der Waals surface area contributed by atoms with E-state index >= 15 is 0 Å². The van der Waals surface area contributed by atoms with Crippen molar-refractivity contribution < 1.29 is 0 Å². The number of benzene rings is 1. The van der Waals surface area contributed by atoms with E-state index < -0.39 is 0 Å². The summed E-state index contributed by atoms with van der Waals surface area (Å²) >= 11 is 0. The Morgan fingerprint density at radius 1 is 1.24 bits per heavy atom. The Morgan fingerprint density at radius 3 is 2.82 bits per heavy atom. The molecule has 1 N–H and O–H groups in total. The van der Waals surface area contributed by atoms with E-state index in [1.54, 1.807) is 0 Å². The predicted molar refractivity (Wildman–Crippen MR) is 76.0 cm³/mol. The first-order valence-electron chi connectivity index (χ1n) is 6.18. The summed E-state index contributed by atoms with van der Waals surface area (Å²) in [5, 5.41) is 1.26. The first kappa shape index (κ1) is 11.7. The second-order valence-corrected chi connectivity index (χ2v) is 4.41. The Bertz CT molecular complexity index is 486. The van der Waals surface area contributed by atoms with Gasteiger partial charge in [-0.25, -0.2) is 0 Å². The van der Waals surface area contributed by atoms with Crippen molar-refractivity contribution in [3.8, 4) is 0 Å². The molecule has 2 rings (SSSR count). The number of para-hydroxylation sites is 1. The highest BCUT2D eigenvalue weighted by Gasteiger charge is 2.03. The number of aromatic nitrogens is 1. The molecular weight excluding hydrogens is 206 g/mol. The molecule has 0 radical (unpaired) electrons. The third-order valence-electron chi connectivity index (χ3n) is 3.05. The summed E-state index contributed by atoms with van der Waals surface area (Å²) in [5.74, 6) is 0. The molecule has 1 aromatic carbocycles. The monoisotopic (exact) mass is 225 g/mol. The van der Waals surface area contributed by atoms with Crippen LogP contribution in [0.2, 0.25) is 0 Å². The van der Waals surface area contributed by atoms with Crippen LogP contribution < -0.4 is 0 Å². The van der Waals surface area contributed by atoms with E-state index in [9.17, 15) is 0 Å². The van der Waals surface area contributed by atoms with Crippen molar-refractivity contribution in [2.24, 2.45) is 0 Å². The highest BCUT2D eigenvalue weighted by molar-refractivity contribution is 5.84. The number of aromatic amines is 1. The molecule has 2 aromatic rings. The van der Waals surface area contributed by atoms with Crippen molar-refractivity contribution in [3.63, 3.8) is 0 Å². The van der Waals surface area contributed by atoms with Crippen LogP contribution in [0.4, 0.5) is 0 Å². The predicted octanol–water partition coefficient (Wildman–Crippen LogP) is 4.93. The van der Waals surface area contributed by atoms with Gasteiger partial charge in [0.2, 0.25) is 0 Å². The third kappa shape index (κ3) is 2.88. The molecule has 0 bridgehead atoms. The normalized spacial score (nSPS) is 10.6. The van der Waals surface area contributed by atoms with Crippen molar-refractivity contribution in [2.45, 2.75) is 25.7 Å². The van der Waals surface area contributed by atoms with Crippen LogP contribution in [0.15, 0.2) is 49.6 Å². The molecule has 0 unspecified atom stereocenters. The van der Waals surface area contributed by atoms with Crippen LogP contribution in [0.25, 0.3) is 16.5 Å². The summed E-state index contributed by atoms with van der Waals surface area (Å²) in [5.41, 5.74) is 3.56. The SMILES string of the molecule is C=CCCCCC(=C)c1cc2ccccc2[nH]1. The standard InChI is InChI=1S/C16H19N/c1-3-4-5-6-9-13(2)16-12-14-10-7-8-11-15(14)17-16/h3,7-8,10-12,17H,1-2,4-6,9H2. The number of fused-ring (bicyclic) bond motifs is 1. The number of allylic oxidation sites excluding steroid dienone is 2. The lowest BCUT2D eigenvalue weighted by atomic mass is 10.1. The summed E-state index contributed by atoms with van der Waals surface area (Å²) < 4.78 is 0. The Kier molecular flexibility index (Phi) is 3.81. The van der Waals surface area contributed by atoms with E-state index in [0.29, 0.717) is 0 Å². The van der Waals surface area contributed by atoms with Crippen LogP contribution in [0.3, 0.4) is 0 Å². The maximum atomic E-state index is 4.16. The number of nitrogens with one attached hydrogen (secondary N) is 1. The Hall–Kier alpha value is -1.76. The minimum absolute atomic E-state index is 1.06. The van der Waals surface area contributed by atoms with Gasteiger partial charge in [-0.3, -0.25) is 0 Å². The minimum Gasteiger partial charge on any atom is -0.355 e. The van der Waals surface area contributed by atoms with Gasteiger partial charge in [0.15, 0.2) is 0 Å². The van der Waals surface area contributed by atoms with Gasteiger partial charge in [-0.1, -0.05) is 30.9 Å². The highest BCUT2D eigenvalue weighted by Crippen LogP contribution is 2.23. The van der Waals surface area contributed by atoms with E-state index in [1.807, 2.05) is 6.08 Å². The van der Waals surface area contributed by atoms with Crippen molar-refractivity contribution in [1.29, 1.82) is 0 Å². The van der Waals surface area contributed by atoms with Gasteiger partial charge < -0.3 is 4.98 Å². The van der Waals surface area contributed by atoms with Crippen molar-refractivity contribution in [2.75, 3.05) is 0 Å². The van der Waals surface area contributed by atoms with Gasteiger partial charge >= 0.3 is 0 Å². The van der Waals surface area contributed by atoms with Crippen molar-refractivity contribution in [3.05, 3.63) is 55.3 Å². The number of H-pyrrole nitrogens is 1. The molecule has 88 valence electrons. The molecule has 1 heterocycles. The molecular formula is C16H19N. The molecule has 17 heavy (non-hydrogen) atoms. The van der Waals surface area contributed by atoms with Gasteiger partial charge in [0, 0.05) is 11.2 Å². The molecule has 0 saturated carbocycles. The fourth-order valence-corrected chi connectivity index (χ4v) is 2.03.